The normalized spacial score (nSPS) is 24.8. The summed E-state index contributed by atoms with van der Waals surface area (Å²) in [6.45, 7) is 1.03. The van der Waals surface area contributed by atoms with E-state index in [-0.39, 0.29) is 36.5 Å². The number of amides is 1. The van der Waals surface area contributed by atoms with Gasteiger partial charge in [-0.25, -0.2) is 9.18 Å². The van der Waals surface area contributed by atoms with Crippen molar-refractivity contribution in [2.75, 3.05) is 19.8 Å². The molecule has 6 heteroatoms. The minimum Gasteiger partial charge on any atom is -0.448 e. The predicted molar refractivity (Wildman–Crippen MR) is 134 cm³/mol. The Bertz CT molecular complexity index is 1220. The van der Waals surface area contributed by atoms with E-state index in [9.17, 15) is 14.3 Å². The lowest BCUT2D eigenvalue weighted by molar-refractivity contribution is -0.135. The van der Waals surface area contributed by atoms with Crippen LogP contribution in [-0.2, 0) is 15.9 Å². The van der Waals surface area contributed by atoms with E-state index in [2.05, 4.69) is 24.3 Å². The summed E-state index contributed by atoms with van der Waals surface area (Å²) in [5.74, 6) is -0.264. The fraction of sp³-hybridized carbons (Fsp3) is 0.367. The van der Waals surface area contributed by atoms with Crippen molar-refractivity contribution in [3.05, 3.63) is 95.3 Å². The molecule has 5 nitrogen and oxygen atoms in total. The Morgan fingerprint density at radius 1 is 0.972 bits per heavy atom. The number of hydrogen-bond acceptors (Lipinski definition) is 4. The van der Waals surface area contributed by atoms with Crippen molar-refractivity contribution in [1.82, 2.24) is 4.90 Å². The van der Waals surface area contributed by atoms with Gasteiger partial charge in [-0.05, 0) is 65.6 Å². The van der Waals surface area contributed by atoms with Gasteiger partial charge in [0.1, 0.15) is 12.4 Å². The Balaban J connectivity index is 1.13. The van der Waals surface area contributed by atoms with Crippen molar-refractivity contribution < 1.29 is 23.8 Å². The van der Waals surface area contributed by atoms with Crippen LogP contribution in [0.2, 0.25) is 0 Å². The SMILES string of the molecule is O=C(OCC1c2ccccc2-c2ccccc21)N1C2COCC1CC(O)(CCc1cccc(F)c1)C2. The summed E-state index contributed by atoms with van der Waals surface area (Å²) in [5.41, 5.74) is 4.69. The van der Waals surface area contributed by atoms with E-state index in [1.807, 2.05) is 30.3 Å². The highest BCUT2D eigenvalue weighted by Gasteiger charge is 2.48. The lowest BCUT2D eigenvalue weighted by Crippen LogP contribution is -2.63. The Morgan fingerprint density at radius 2 is 1.61 bits per heavy atom. The lowest BCUT2D eigenvalue weighted by atomic mass is 9.78. The maximum absolute atomic E-state index is 13.6. The van der Waals surface area contributed by atoms with Crippen molar-refractivity contribution in [2.24, 2.45) is 0 Å². The Hall–Kier alpha value is -3.22. The highest BCUT2D eigenvalue weighted by atomic mass is 19.1. The molecule has 0 aromatic heterocycles. The van der Waals surface area contributed by atoms with Crippen molar-refractivity contribution >= 4 is 6.09 Å². The van der Waals surface area contributed by atoms with E-state index in [0.29, 0.717) is 38.9 Å². The van der Waals surface area contributed by atoms with Crippen LogP contribution in [-0.4, -0.2) is 53.6 Å². The summed E-state index contributed by atoms with van der Waals surface area (Å²) in [7, 11) is 0. The van der Waals surface area contributed by atoms with Crippen LogP contribution < -0.4 is 0 Å². The highest BCUT2D eigenvalue weighted by Crippen LogP contribution is 2.45. The zero-order chi connectivity index (χ0) is 24.7. The topological polar surface area (TPSA) is 59.0 Å². The fourth-order valence-electron chi connectivity index (χ4n) is 6.31. The minimum atomic E-state index is -0.925. The second-order valence-electron chi connectivity index (χ2n) is 10.3. The Kier molecular flexibility index (Phi) is 6.02. The number of nitrogens with zero attached hydrogens (tertiary/aromatic N) is 1. The summed E-state index contributed by atoms with van der Waals surface area (Å²) in [4.78, 5) is 15.1. The zero-order valence-corrected chi connectivity index (χ0v) is 20.1. The number of fused-ring (bicyclic) bond motifs is 5. The second-order valence-corrected chi connectivity index (χ2v) is 10.3. The number of benzene rings is 3. The van der Waals surface area contributed by atoms with Crippen LogP contribution in [0.25, 0.3) is 11.1 Å². The largest absolute Gasteiger partial charge is 0.448 e. The molecule has 0 spiro atoms. The van der Waals surface area contributed by atoms with Gasteiger partial charge in [-0.15, -0.1) is 0 Å². The summed E-state index contributed by atoms with van der Waals surface area (Å²) in [5, 5.41) is 11.4. The Labute approximate surface area is 210 Å². The molecule has 2 bridgehead atoms. The molecule has 2 saturated heterocycles. The highest BCUT2D eigenvalue weighted by molar-refractivity contribution is 5.79. The van der Waals surface area contributed by atoms with Crippen molar-refractivity contribution in [3.63, 3.8) is 0 Å². The summed E-state index contributed by atoms with van der Waals surface area (Å²) >= 11 is 0. The molecule has 3 aliphatic rings. The Morgan fingerprint density at radius 3 is 2.25 bits per heavy atom. The molecule has 0 saturated carbocycles. The molecular weight excluding hydrogens is 457 g/mol. The molecule has 1 aliphatic carbocycles. The number of ether oxygens (including phenoxy) is 2. The van der Waals surface area contributed by atoms with Crippen LogP contribution in [0.4, 0.5) is 9.18 Å². The molecule has 0 radical (unpaired) electrons. The van der Waals surface area contributed by atoms with Gasteiger partial charge in [0, 0.05) is 5.92 Å². The van der Waals surface area contributed by atoms with E-state index in [1.54, 1.807) is 11.0 Å². The number of hydrogen-bond donors (Lipinski definition) is 1. The van der Waals surface area contributed by atoms with E-state index < -0.39 is 5.60 Å². The standard InChI is InChI=1S/C30H30FNO4/c31-21-7-5-6-20(14-21)12-13-30(34)15-22-17-35-18-23(16-30)32(22)29(33)36-19-28-26-10-3-1-8-24(26)25-9-2-4-11-27(25)28/h1-11,14,22-23,28,34H,12-13,15-19H2. The first-order valence-electron chi connectivity index (χ1n) is 12.7. The van der Waals surface area contributed by atoms with Gasteiger partial charge in [-0.1, -0.05) is 60.7 Å². The van der Waals surface area contributed by atoms with Crippen molar-refractivity contribution in [3.8, 4) is 11.1 Å². The first-order chi connectivity index (χ1) is 17.5. The molecule has 2 heterocycles. The molecule has 3 aromatic rings. The van der Waals surface area contributed by atoms with Crippen LogP contribution in [0, 0.1) is 5.82 Å². The van der Waals surface area contributed by atoms with Gasteiger partial charge in [0.15, 0.2) is 0 Å². The van der Waals surface area contributed by atoms with Crippen LogP contribution in [0.5, 0.6) is 0 Å². The van der Waals surface area contributed by atoms with Crippen LogP contribution in [0.1, 0.15) is 41.9 Å². The molecule has 2 aliphatic heterocycles. The molecule has 2 atom stereocenters. The molecule has 2 unspecified atom stereocenters. The van der Waals surface area contributed by atoms with E-state index in [4.69, 9.17) is 9.47 Å². The summed E-state index contributed by atoms with van der Waals surface area (Å²) in [6.07, 6.45) is 1.59. The number of rotatable bonds is 5. The van der Waals surface area contributed by atoms with Gasteiger partial charge in [0.2, 0.25) is 0 Å². The quantitative estimate of drug-likeness (QED) is 0.531. The third kappa shape index (κ3) is 4.29. The van der Waals surface area contributed by atoms with Crippen molar-refractivity contribution in [2.45, 2.75) is 49.3 Å². The maximum Gasteiger partial charge on any atom is 0.410 e. The van der Waals surface area contributed by atoms with Gasteiger partial charge < -0.3 is 14.6 Å². The number of carbonyl (C=O) groups is 1. The molecule has 1 N–H and O–H groups in total. The van der Waals surface area contributed by atoms with Gasteiger partial charge in [-0.2, -0.15) is 0 Å². The molecule has 3 aromatic carbocycles. The van der Waals surface area contributed by atoms with Gasteiger partial charge in [0.25, 0.3) is 0 Å². The van der Waals surface area contributed by atoms with E-state index in [1.165, 1.54) is 34.4 Å². The number of aliphatic hydroxyl groups is 1. The number of halogens is 1. The fourth-order valence-corrected chi connectivity index (χ4v) is 6.31. The molecule has 2 fully saturated rings. The third-order valence-corrected chi connectivity index (χ3v) is 7.95. The minimum absolute atomic E-state index is 0.00503. The summed E-state index contributed by atoms with van der Waals surface area (Å²) in [6, 6.07) is 22.6. The number of piperidine rings is 1. The molecule has 1 amide bonds. The van der Waals surface area contributed by atoms with Crippen LogP contribution >= 0.6 is 0 Å². The third-order valence-electron chi connectivity index (χ3n) is 7.95. The van der Waals surface area contributed by atoms with Crippen LogP contribution in [0.3, 0.4) is 0 Å². The number of aryl methyl sites for hydroxylation is 1. The first kappa shape index (κ1) is 23.2. The molecule has 6 rings (SSSR count). The molecular formula is C30H30FNO4. The maximum atomic E-state index is 13.6. The molecule has 36 heavy (non-hydrogen) atoms. The van der Waals surface area contributed by atoms with E-state index in [0.717, 1.165) is 5.56 Å². The smallest absolute Gasteiger partial charge is 0.410 e. The average Bonchev–Trinajstić information content (AvgIpc) is 3.19. The summed E-state index contributed by atoms with van der Waals surface area (Å²) < 4.78 is 25.3. The van der Waals surface area contributed by atoms with Crippen molar-refractivity contribution in [1.29, 1.82) is 0 Å². The predicted octanol–water partition coefficient (Wildman–Crippen LogP) is 5.30. The van der Waals surface area contributed by atoms with Crippen LogP contribution in [0.15, 0.2) is 72.8 Å². The van der Waals surface area contributed by atoms with Gasteiger partial charge >= 0.3 is 6.09 Å². The lowest BCUT2D eigenvalue weighted by Gasteiger charge is -2.51. The first-order valence-corrected chi connectivity index (χ1v) is 12.7. The average molecular weight is 488 g/mol. The second kappa shape index (κ2) is 9.34. The monoisotopic (exact) mass is 487 g/mol. The van der Waals surface area contributed by atoms with E-state index >= 15 is 0 Å². The zero-order valence-electron chi connectivity index (χ0n) is 20.1. The van der Waals surface area contributed by atoms with Gasteiger partial charge in [0.05, 0.1) is 30.9 Å². The number of morpholine rings is 1. The van der Waals surface area contributed by atoms with Gasteiger partial charge in [-0.3, -0.25) is 4.90 Å². The molecule has 186 valence electrons. The number of carbonyl (C=O) groups excluding carboxylic acids is 1.